The predicted octanol–water partition coefficient (Wildman–Crippen LogP) is 3.17. The molecular weight excluding hydrogens is 310 g/mol. The second-order valence-electron chi connectivity index (χ2n) is 6.77. The molecule has 0 aliphatic heterocycles. The van der Waals surface area contributed by atoms with E-state index in [1.54, 1.807) is 0 Å². The molecule has 0 heterocycles. The van der Waals surface area contributed by atoms with Crippen LogP contribution < -0.4 is 10.6 Å². The van der Waals surface area contributed by atoms with Gasteiger partial charge in [0.1, 0.15) is 5.54 Å². The van der Waals surface area contributed by atoms with Crippen molar-refractivity contribution in [2.45, 2.75) is 31.3 Å². The fourth-order valence-electron chi connectivity index (χ4n) is 3.13. The SMILES string of the molecule is C[C@@](C#N)(NC(=O)CNC(c1ccccc1)c1ccccc1)C1CC1. The van der Waals surface area contributed by atoms with Gasteiger partial charge in [0.25, 0.3) is 0 Å². The molecule has 2 aromatic carbocycles. The van der Waals surface area contributed by atoms with Gasteiger partial charge in [-0.2, -0.15) is 5.26 Å². The Morgan fingerprint density at radius 1 is 1.12 bits per heavy atom. The fourth-order valence-corrected chi connectivity index (χ4v) is 3.13. The highest BCUT2D eigenvalue weighted by molar-refractivity contribution is 5.79. The molecule has 2 aromatic rings. The number of benzene rings is 2. The van der Waals surface area contributed by atoms with E-state index in [0.29, 0.717) is 0 Å². The van der Waals surface area contributed by atoms with E-state index < -0.39 is 5.54 Å². The van der Waals surface area contributed by atoms with Crippen molar-refractivity contribution in [3.8, 4) is 6.07 Å². The molecule has 1 aliphatic rings. The molecule has 0 aromatic heterocycles. The van der Waals surface area contributed by atoms with Crippen LogP contribution >= 0.6 is 0 Å². The van der Waals surface area contributed by atoms with Crippen molar-refractivity contribution in [2.24, 2.45) is 5.92 Å². The Hall–Kier alpha value is -2.64. The van der Waals surface area contributed by atoms with E-state index in [9.17, 15) is 10.1 Å². The minimum atomic E-state index is -0.756. The van der Waals surface area contributed by atoms with Crippen LogP contribution in [0.1, 0.15) is 36.9 Å². The molecular formula is C21H23N3O. The molecule has 1 saturated carbocycles. The van der Waals surface area contributed by atoms with Crippen LogP contribution in [0.15, 0.2) is 60.7 Å². The summed E-state index contributed by atoms with van der Waals surface area (Å²) in [5, 5.41) is 15.6. The van der Waals surface area contributed by atoms with Gasteiger partial charge in [-0.15, -0.1) is 0 Å². The van der Waals surface area contributed by atoms with E-state index in [1.807, 2.05) is 67.6 Å². The lowest BCUT2D eigenvalue weighted by atomic mass is 9.97. The van der Waals surface area contributed by atoms with Gasteiger partial charge in [-0.05, 0) is 36.8 Å². The van der Waals surface area contributed by atoms with Gasteiger partial charge in [0.15, 0.2) is 0 Å². The van der Waals surface area contributed by atoms with Gasteiger partial charge < -0.3 is 5.32 Å². The molecule has 2 N–H and O–H groups in total. The second kappa shape index (κ2) is 7.50. The maximum atomic E-state index is 12.4. The van der Waals surface area contributed by atoms with Gasteiger partial charge in [-0.3, -0.25) is 10.1 Å². The Balaban J connectivity index is 1.69. The summed E-state index contributed by atoms with van der Waals surface area (Å²) in [5.74, 6) is 0.133. The van der Waals surface area contributed by atoms with Crippen LogP contribution in [-0.4, -0.2) is 18.0 Å². The van der Waals surface area contributed by atoms with Gasteiger partial charge >= 0.3 is 0 Å². The molecule has 0 bridgehead atoms. The Bertz CT molecular complexity index is 710. The zero-order chi connectivity index (χ0) is 17.7. The van der Waals surface area contributed by atoms with Crippen LogP contribution in [0.3, 0.4) is 0 Å². The van der Waals surface area contributed by atoms with Gasteiger partial charge in [-0.1, -0.05) is 60.7 Å². The quantitative estimate of drug-likeness (QED) is 0.818. The van der Waals surface area contributed by atoms with Crippen LogP contribution in [0, 0.1) is 17.2 Å². The minimum Gasteiger partial charge on any atom is -0.337 e. The standard InChI is InChI=1S/C21H23N3O/c1-21(15-22,18-12-13-18)24-19(25)14-23-20(16-8-4-2-5-9-16)17-10-6-3-7-11-17/h2-11,18,20,23H,12-14H2,1H3,(H,24,25)/t21-/m0/s1. The molecule has 1 atom stereocenters. The monoisotopic (exact) mass is 333 g/mol. The molecule has 128 valence electrons. The molecule has 3 rings (SSSR count). The number of carbonyl (C=O) groups is 1. The number of hydrogen-bond acceptors (Lipinski definition) is 3. The summed E-state index contributed by atoms with van der Waals surface area (Å²) < 4.78 is 0. The Morgan fingerprint density at radius 2 is 1.64 bits per heavy atom. The van der Waals surface area contributed by atoms with Crippen molar-refractivity contribution < 1.29 is 4.79 Å². The van der Waals surface area contributed by atoms with Gasteiger partial charge in [0.2, 0.25) is 5.91 Å². The normalized spacial score (nSPS) is 16.0. The summed E-state index contributed by atoms with van der Waals surface area (Å²) in [7, 11) is 0. The highest BCUT2D eigenvalue weighted by Gasteiger charge is 2.42. The number of nitrogens with zero attached hydrogens (tertiary/aromatic N) is 1. The number of nitriles is 1. The summed E-state index contributed by atoms with van der Waals surface area (Å²) in [4.78, 5) is 12.4. The molecule has 1 fully saturated rings. The Morgan fingerprint density at radius 3 is 2.08 bits per heavy atom. The van der Waals surface area contributed by atoms with E-state index >= 15 is 0 Å². The minimum absolute atomic E-state index is 0.0672. The number of amides is 1. The molecule has 0 unspecified atom stereocenters. The number of carbonyl (C=O) groups excluding carboxylic acids is 1. The molecule has 1 aliphatic carbocycles. The van der Waals surface area contributed by atoms with Crippen LogP contribution in [-0.2, 0) is 4.79 Å². The molecule has 0 radical (unpaired) electrons. The highest BCUT2D eigenvalue weighted by atomic mass is 16.2. The number of hydrogen-bond donors (Lipinski definition) is 2. The average molecular weight is 333 g/mol. The largest absolute Gasteiger partial charge is 0.337 e. The van der Waals surface area contributed by atoms with E-state index in [1.165, 1.54) is 0 Å². The first-order chi connectivity index (χ1) is 12.1. The first-order valence-electron chi connectivity index (χ1n) is 8.68. The lowest BCUT2D eigenvalue weighted by Gasteiger charge is -2.24. The van der Waals surface area contributed by atoms with Crippen LogP contribution in [0.5, 0.6) is 0 Å². The average Bonchev–Trinajstić information content (AvgIpc) is 3.49. The smallest absolute Gasteiger partial charge is 0.235 e. The molecule has 0 spiro atoms. The van der Waals surface area contributed by atoms with E-state index in [2.05, 4.69) is 16.7 Å². The molecule has 4 heteroatoms. The van der Waals surface area contributed by atoms with Crippen molar-refractivity contribution in [3.63, 3.8) is 0 Å². The predicted molar refractivity (Wildman–Crippen MR) is 97.6 cm³/mol. The van der Waals surface area contributed by atoms with E-state index in [-0.39, 0.29) is 24.4 Å². The summed E-state index contributed by atoms with van der Waals surface area (Å²) in [5.41, 5.74) is 1.45. The van der Waals surface area contributed by atoms with Crippen LogP contribution in [0.4, 0.5) is 0 Å². The Kier molecular flexibility index (Phi) is 5.16. The topological polar surface area (TPSA) is 64.9 Å². The lowest BCUT2D eigenvalue weighted by Crippen LogP contribution is -2.49. The molecule has 0 saturated heterocycles. The second-order valence-corrected chi connectivity index (χ2v) is 6.77. The van der Waals surface area contributed by atoms with Crippen molar-refractivity contribution in [1.82, 2.24) is 10.6 Å². The molecule has 1 amide bonds. The maximum Gasteiger partial charge on any atom is 0.235 e. The first-order valence-corrected chi connectivity index (χ1v) is 8.68. The lowest BCUT2D eigenvalue weighted by molar-refractivity contribution is -0.121. The third kappa shape index (κ3) is 4.26. The highest BCUT2D eigenvalue weighted by Crippen LogP contribution is 2.39. The summed E-state index contributed by atoms with van der Waals surface area (Å²) >= 11 is 0. The first kappa shape index (κ1) is 17.2. The summed E-state index contributed by atoms with van der Waals surface area (Å²) in [6.07, 6.45) is 2.02. The van der Waals surface area contributed by atoms with Crippen molar-refractivity contribution in [2.75, 3.05) is 6.54 Å². The maximum absolute atomic E-state index is 12.4. The van der Waals surface area contributed by atoms with Gasteiger partial charge in [-0.25, -0.2) is 0 Å². The van der Waals surface area contributed by atoms with Crippen molar-refractivity contribution >= 4 is 5.91 Å². The van der Waals surface area contributed by atoms with Crippen LogP contribution in [0.25, 0.3) is 0 Å². The van der Waals surface area contributed by atoms with E-state index in [0.717, 1.165) is 24.0 Å². The fraction of sp³-hybridized carbons (Fsp3) is 0.333. The third-order valence-corrected chi connectivity index (χ3v) is 4.76. The van der Waals surface area contributed by atoms with Gasteiger partial charge in [0.05, 0.1) is 18.7 Å². The molecule has 4 nitrogen and oxygen atoms in total. The van der Waals surface area contributed by atoms with Crippen LogP contribution in [0.2, 0.25) is 0 Å². The van der Waals surface area contributed by atoms with E-state index in [4.69, 9.17) is 0 Å². The zero-order valence-corrected chi connectivity index (χ0v) is 14.4. The number of nitrogens with one attached hydrogen (secondary N) is 2. The Labute approximate surface area is 148 Å². The third-order valence-electron chi connectivity index (χ3n) is 4.76. The number of rotatable bonds is 7. The van der Waals surface area contributed by atoms with Crippen molar-refractivity contribution in [1.29, 1.82) is 5.26 Å². The molecule has 25 heavy (non-hydrogen) atoms. The van der Waals surface area contributed by atoms with Gasteiger partial charge in [0, 0.05) is 0 Å². The summed E-state index contributed by atoms with van der Waals surface area (Å²) in [6, 6.07) is 22.3. The van der Waals surface area contributed by atoms with Crippen molar-refractivity contribution in [3.05, 3.63) is 71.8 Å². The zero-order valence-electron chi connectivity index (χ0n) is 14.4. The summed E-state index contributed by atoms with van der Waals surface area (Å²) in [6.45, 7) is 1.98.